The fourth-order valence-electron chi connectivity index (χ4n) is 3.40. The lowest BCUT2D eigenvalue weighted by Gasteiger charge is -2.22. The second-order valence-electron chi connectivity index (χ2n) is 6.36. The molecule has 132 valence electrons. The summed E-state index contributed by atoms with van der Waals surface area (Å²) in [5, 5.41) is 2.26. The molecule has 6 heteroatoms. The van der Waals surface area contributed by atoms with Gasteiger partial charge in [-0.15, -0.1) is 0 Å². The van der Waals surface area contributed by atoms with E-state index in [2.05, 4.69) is 52.1 Å². The van der Waals surface area contributed by atoms with Crippen LogP contribution in [0, 0.1) is 0 Å². The first-order valence-electron chi connectivity index (χ1n) is 8.30. The van der Waals surface area contributed by atoms with Gasteiger partial charge in [0.15, 0.2) is 23.0 Å². The maximum absolute atomic E-state index is 5.55. The number of rotatable bonds is 3. The summed E-state index contributed by atoms with van der Waals surface area (Å²) in [6, 6.07) is 14.3. The summed E-state index contributed by atoms with van der Waals surface area (Å²) in [5.41, 5.74) is 2.26. The molecule has 0 saturated heterocycles. The van der Waals surface area contributed by atoms with Crippen molar-refractivity contribution >= 4 is 32.4 Å². The summed E-state index contributed by atoms with van der Waals surface area (Å²) in [7, 11) is 2.08. The summed E-state index contributed by atoms with van der Waals surface area (Å²) in [5.74, 6) is 3.16. The monoisotopic (exact) mass is 413 g/mol. The topological polar surface area (TPSA) is 40.2 Å². The Hall–Kier alpha value is -2.60. The van der Waals surface area contributed by atoms with Crippen LogP contribution in [-0.2, 0) is 6.54 Å². The summed E-state index contributed by atoms with van der Waals surface area (Å²) in [6.07, 6.45) is 0. The Bertz CT molecular complexity index is 1020. The summed E-state index contributed by atoms with van der Waals surface area (Å²) < 4.78 is 23.0. The first kappa shape index (κ1) is 15.6. The lowest BCUT2D eigenvalue weighted by atomic mass is 10.1. The Morgan fingerprint density at radius 2 is 1.54 bits per heavy atom. The third-order valence-corrected chi connectivity index (χ3v) is 5.45. The molecule has 2 aliphatic heterocycles. The molecular weight excluding hydrogens is 398 g/mol. The molecular formula is C20H16BrNO4. The number of fused-ring (bicyclic) bond motifs is 3. The third kappa shape index (κ3) is 2.52. The zero-order valence-electron chi connectivity index (χ0n) is 14.1. The van der Waals surface area contributed by atoms with E-state index in [0.29, 0.717) is 0 Å². The van der Waals surface area contributed by atoms with E-state index in [4.69, 9.17) is 18.9 Å². The van der Waals surface area contributed by atoms with Crippen LogP contribution < -0.4 is 23.8 Å². The highest BCUT2D eigenvalue weighted by atomic mass is 79.9. The van der Waals surface area contributed by atoms with Crippen LogP contribution in [0.5, 0.6) is 23.0 Å². The number of hydrogen-bond acceptors (Lipinski definition) is 5. The number of anilines is 1. The second kappa shape index (κ2) is 5.99. The molecule has 0 saturated carbocycles. The highest BCUT2D eigenvalue weighted by Crippen LogP contribution is 2.41. The second-order valence-corrected chi connectivity index (χ2v) is 7.21. The van der Waals surface area contributed by atoms with Gasteiger partial charge in [0, 0.05) is 29.1 Å². The standard InChI is InChI=1S/C20H16BrNO4/c1-22(9-13-6-18-20(8-15(13)21)26-11-24-18)16-4-2-3-12-5-17-19(7-14(12)16)25-10-23-17/h2-8H,9-11H2,1H3. The number of benzene rings is 3. The van der Waals surface area contributed by atoms with Crippen LogP contribution >= 0.6 is 15.9 Å². The lowest BCUT2D eigenvalue weighted by molar-refractivity contribution is 0.173. The minimum absolute atomic E-state index is 0.275. The zero-order valence-corrected chi connectivity index (χ0v) is 15.7. The maximum atomic E-state index is 5.55. The molecule has 0 atom stereocenters. The summed E-state index contributed by atoms with van der Waals surface area (Å²) in [4.78, 5) is 2.22. The van der Waals surface area contributed by atoms with E-state index in [0.717, 1.165) is 56.0 Å². The van der Waals surface area contributed by atoms with E-state index in [1.807, 2.05) is 18.2 Å². The van der Waals surface area contributed by atoms with Crippen molar-refractivity contribution in [3.63, 3.8) is 0 Å². The van der Waals surface area contributed by atoms with E-state index in [-0.39, 0.29) is 13.6 Å². The van der Waals surface area contributed by atoms with E-state index >= 15 is 0 Å². The zero-order chi connectivity index (χ0) is 17.7. The molecule has 3 aromatic rings. The summed E-state index contributed by atoms with van der Waals surface area (Å²) >= 11 is 3.64. The highest BCUT2D eigenvalue weighted by molar-refractivity contribution is 9.10. The molecule has 5 rings (SSSR count). The maximum Gasteiger partial charge on any atom is 0.231 e. The Morgan fingerprint density at radius 3 is 2.31 bits per heavy atom. The van der Waals surface area contributed by atoms with Crippen LogP contribution in [0.3, 0.4) is 0 Å². The van der Waals surface area contributed by atoms with Gasteiger partial charge in [-0.3, -0.25) is 0 Å². The van der Waals surface area contributed by atoms with Crippen molar-refractivity contribution in [3.05, 3.63) is 52.5 Å². The molecule has 0 aromatic heterocycles. The molecule has 0 N–H and O–H groups in total. The van der Waals surface area contributed by atoms with Crippen LogP contribution in [0.15, 0.2) is 46.9 Å². The average Bonchev–Trinajstić information content (AvgIpc) is 3.27. The third-order valence-electron chi connectivity index (χ3n) is 4.71. The van der Waals surface area contributed by atoms with Gasteiger partial charge in [0.2, 0.25) is 13.6 Å². The lowest BCUT2D eigenvalue weighted by Crippen LogP contribution is -2.17. The Kier molecular flexibility index (Phi) is 3.60. The minimum atomic E-state index is 0.275. The van der Waals surface area contributed by atoms with Crippen LogP contribution in [0.2, 0.25) is 0 Å². The minimum Gasteiger partial charge on any atom is -0.454 e. The normalized spacial score (nSPS) is 14.1. The van der Waals surface area contributed by atoms with Crippen LogP contribution in [0.1, 0.15) is 5.56 Å². The molecule has 2 heterocycles. The van der Waals surface area contributed by atoms with E-state index in [9.17, 15) is 0 Å². The van der Waals surface area contributed by atoms with Gasteiger partial charge in [0.25, 0.3) is 0 Å². The molecule has 5 nitrogen and oxygen atoms in total. The largest absolute Gasteiger partial charge is 0.454 e. The predicted octanol–water partition coefficient (Wildman–Crippen LogP) is 4.70. The van der Waals surface area contributed by atoms with Crippen LogP contribution in [-0.4, -0.2) is 20.6 Å². The SMILES string of the molecule is CN(Cc1cc2c(cc1Br)OCO2)c1cccc2cc3c(cc12)OCO3. The fourth-order valence-corrected chi connectivity index (χ4v) is 3.85. The number of nitrogens with zero attached hydrogens (tertiary/aromatic N) is 1. The van der Waals surface area contributed by atoms with Gasteiger partial charge in [-0.05, 0) is 41.3 Å². The fraction of sp³-hybridized carbons (Fsp3) is 0.200. The highest BCUT2D eigenvalue weighted by Gasteiger charge is 2.19. The van der Waals surface area contributed by atoms with Crippen molar-refractivity contribution < 1.29 is 18.9 Å². The van der Waals surface area contributed by atoms with Crippen molar-refractivity contribution in [2.75, 3.05) is 25.5 Å². The van der Waals surface area contributed by atoms with Gasteiger partial charge in [0.05, 0.1) is 0 Å². The van der Waals surface area contributed by atoms with Crippen molar-refractivity contribution in [1.82, 2.24) is 0 Å². The van der Waals surface area contributed by atoms with E-state index in [1.165, 1.54) is 0 Å². The van der Waals surface area contributed by atoms with Crippen molar-refractivity contribution in [1.29, 1.82) is 0 Å². The van der Waals surface area contributed by atoms with E-state index < -0.39 is 0 Å². The van der Waals surface area contributed by atoms with Gasteiger partial charge in [-0.1, -0.05) is 28.1 Å². The molecule has 0 fully saturated rings. The molecule has 26 heavy (non-hydrogen) atoms. The number of hydrogen-bond donors (Lipinski definition) is 0. The molecule has 0 unspecified atom stereocenters. The smallest absolute Gasteiger partial charge is 0.231 e. The quantitative estimate of drug-likeness (QED) is 0.622. The van der Waals surface area contributed by atoms with Gasteiger partial charge in [0.1, 0.15) is 0 Å². The molecule has 0 amide bonds. The molecule has 3 aromatic carbocycles. The predicted molar refractivity (Wildman–Crippen MR) is 102 cm³/mol. The van der Waals surface area contributed by atoms with Crippen LogP contribution in [0.4, 0.5) is 5.69 Å². The number of halogens is 1. The molecule has 0 spiro atoms. The van der Waals surface area contributed by atoms with Gasteiger partial charge in [-0.25, -0.2) is 0 Å². The Balaban J connectivity index is 1.52. The first-order valence-corrected chi connectivity index (χ1v) is 9.10. The average molecular weight is 414 g/mol. The number of ether oxygens (including phenoxy) is 4. The first-order chi connectivity index (χ1) is 12.7. The van der Waals surface area contributed by atoms with Crippen molar-refractivity contribution in [2.24, 2.45) is 0 Å². The molecule has 2 aliphatic rings. The molecule has 0 bridgehead atoms. The Labute approximate surface area is 159 Å². The van der Waals surface area contributed by atoms with Gasteiger partial charge < -0.3 is 23.8 Å². The van der Waals surface area contributed by atoms with Crippen molar-refractivity contribution in [2.45, 2.75) is 6.54 Å². The summed E-state index contributed by atoms with van der Waals surface area (Å²) in [6.45, 7) is 1.28. The van der Waals surface area contributed by atoms with E-state index in [1.54, 1.807) is 0 Å². The van der Waals surface area contributed by atoms with Crippen LogP contribution in [0.25, 0.3) is 10.8 Å². The Morgan fingerprint density at radius 1 is 0.885 bits per heavy atom. The van der Waals surface area contributed by atoms with Crippen molar-refractivity contribution in [3.8, 4) is 23.0 Å². The molecule has 0 aliphatic carbocycles. The van der Waals surface area contributed by atoms with Gasteiger partial charge in [-0.2, -0.15) is 0 Å². The van der Waals surface area contributed by atoms with Gasteiger partial charge >= 0.3 is 0 Å². The molecule has 0 radical (unpaired) electrons.